The van der Waals surface area contributed by atoms with Crippen LogP contribution >= 0.6 is 11.3 Å². The highest BCUT2D eigenvalue weighted by Gasteiger charge is 2.34. The van der Waals surface area contributed by atoms with E-state index >= 15 is 0 Å². The van der Waals surface area contributed by atoms with Gasteiger partial charge in [-0.05, 0) is 47.9 Å². The summed E-state index contributed by atoms with van der Waals surface area (Å²) >= 11 is 1.58. The fourth-order valence-electron chi connectivity index (χ4n) is 3.88. The van der Waals surface area contributed by atoms with Crippen molar-refractivity contribution in [3.63, 3.8) is 0 Å². The zero-order chi connectivity index (χ0) is 21.2. The number of benzene rings is 1. The number of sulfonamides is 1. The van der Waals surface area contributed by atoms with Crippen molar-refractivity contribution in [2.75, 3.05) is 27.2 Å². The van der Waals surface area contributed by atoms with Crippen molar-refractivity contribution in [1.29, 1.82) is 0 Å². The minimum absolute atomic E-state index is 0.0525. The molecule has 2 heterocycles. The Hall–Kier alpha value is -1.90. The molecule has 1 saturated heterocycles. The summed E-state index contributed by atoms with van der Waals surface area (Å²) in [6.45, 7) is 5.56. The maximum absolute atomic E-state index is 13.4. The molecule has 0 aliphatic carbocycles. The summed E-state index contributed by atoms with van der Waals surface area (Å²) in [5.74, 6) is 0.619. The lowest BCUT2D eigenvalue weighted by molar-refractivity contribution is 0.0786. The number of piperidine rings is 1. The number of hydrogen-bond donors (Lipinski definition) is 0. The Bertz CT molecular complexity index is 947. The predicted molar refractivity (Wildman–Crippen MR) is 115 cm³/mol. The fraction of sp³-hybridized carbons (Fsp3) is 0.476. The standard InChI is InChI=1S/C21H28N2O4S2/c1-15-10-16(2)13-23(12-15)29(25,26)20-11-17(7-8-19(20)27-4)21(24)22(3)14-18-6-5-9-28-18/h5-9,11,15-16H,10,12-14H2,1-4H3. The maximum Gasteiger partial charge on any atom is 0.253 e. The molecule has 0 N–H and O–H groups in total. The number of rotatable bonds is 6. The van der Waals surface area contributed by atoms with E-state index < -0.39 is 10.0 Å². The molecule has 8 heteroatoms. The molecule has 0 spiro atoms. The Balaban J connectivity index is 1.91. The Morgan fingerprint density at radius 3 is 2.52 bits per heavy atom. The van der Waals surface area contributed by atoms with Crippen molar-refractivity contribution < 1.29 is 17.9 Å². The molecule has 0 saturated carbocycles. The third-order valence-electron chi connectivity index (χ3n) is 5.18. The molecule has 29 heavy (non-hydrogen) atoms. The third kappa shape index (κ3) is 4.82. The average molecular weight is 437 g/mol. The van der Waals surface area contributed by atoms with Gasteiger partial charge >= 0.3 is 0 Å². The minimum atomic E-state index is -3.76. The van der Waals surface area contributed by atoms with E-state index in [-0.39, 0.29) is 16.6 Å². The van der Waals surface area contributed by atoms with Gasteiger partial charge in [0.2, 0.25) is 10.0 Å². The van der Waals surface area contributed by atoms with Gasteiger partial charge in [-0.2, -0.15) is 4.31 Å². The molecule has 3 rings (SSSR count). The number of thiophene rings is 1. The molecule has 0 bridgehead atoms. The lowest BCUT2D eigenvalue weighted by Gasteiger charge is -2.34. The van der Waals surface area contributed by atoms with Crippen LogP contribution in [-0.4, -0.2) is 50.8 Å². The Labute approximate surface area is 177 Å². The molecule has 6 nitrogen and oxygen atoms in total. The van der Waals surface area contributed by atoms with Gasteiger partial charge in [-0.1, -0.05) is 19.9 Å². The quantitative estimate of drug-likeness (QED) is 0.693. The molecule has 1 aromatic heterocycles. The molecule has 0 radical (unpaired) electrons. The molecule has 1 amide bonds. The number of amides is 1. The summed E-state index contributed by atoms with van der Waals surface area (Å²) in [6, 6.07) is 8.54. The number of carbonyl (C=O) groups excluding carboxylic acids is 1. The second-order valence-electron chi connectivity index (χ2n) is 7.87. The van der Waals surface area contributed by atoms with Crippen molar-refractivity contribution in [3.8, 4) is 5.75 Å². The second-order valence-corrected chi connectivity index (χ2v) is 10.8. The Morgan fingerprint density at radius 1 is 1.24 bits per heavy atom. The van der Waals surface area contributed by atoms with Gasteiger partial charge < -0.3 is 9.64 Å². The molecular weight excluding hydrogens is 408 g/mol. The molecule has 2 atom stereocenters. The van der Waals surface area contributed by atoms with Gasteiger partial charge in [0.05, 0.1) is 13.7 Å². The molecule has 1 aliphatic heterocycles. The second kappa shape index (κ2) is 8.85. The van der Waals surface area contributed by atoms with Gasteiger partial charge in [0.25, 0.3) is 5.91 Å². The molecule has 158 valence electrons. The van der Waals surface area contributed by atoms with Crippen LogP contribution in [0.15, 0.2) is 40.6 Å². The van der Waals surface area contributed by atoms with E-state index in [1.165, 1.54) is 17.5 Å². The van der Waals surface area contributed by atoms with Crippen LogP contribution in [0.5, 0.6) is 5.75 Å². The Kier molecular flexibility index (Phi) is 6.65. The number of hydrogen-bond acceptors (Lipinski definition) is 5. The van der Waals surface area contributed by atoms with Crippen LogP contribution in [0.1, 0.15) is 35.5 Å². The van der Waals surface area contributed by atoms with E-state index in [1.807, 2.05) is 17.5 Å². The van der Waals surface area contributed by atoms with Crippen molar-refractivity contribution >= 4 is 27.3 Å². The van der Waals surface area contributed by atoms with Crippen LogP contribution < -0.4 is 4.74 Å². The number of methoxy groups -OCH3 is 1. The maximum atomic E-state index is 13.4. The highest BCUT2D eigenvalue weighted by atomic mass is 32.2. The van der Waals surface area contributed by atoms with Crippen LogP contribution in [-0.2, 0) is 16.6 Å². The number of carbonyl (C=O) groups is 1. The van der Waals surface area contributed by atoms with Crippen LogP contribution in [0.4, 0.5) is 0 Å². The lowest BCUT2D eigenvalue weighted by atomic mass is 9.94. The number of nitrogens with zero attached hydrogens (tertiary/aromatic N) is 2. The third-order valence-corrected chi connectivity index (χ3v) is 7.90. The van der Waals surface area contributed by atoms with Crippen molar-refractivity contribution in [3.05, 3.63) is 46.2 Å². The van der Waals surface area contributed by atoms with Crippen LogP contribution in [0.2, 0.25) is 0 Å². The van der Waals surface area contributed by atoms with Gasteiger partial charge in [-0.3, -0.25) is 4.79 Å². The van der Waals surface area contributed by atoms with Gasteiger partial charge in [0.1, 0.15) is 10.6 Å². The SMILES string of the molecule is COc1ccc(C(=O)N(C)Cc2cccs2)cc1S(=O)(=O)N1CC(C)CC(C)C1. The smallest absolute Gasteiger partial charge is 0.253 e. The summed E-state index contributed by atoms with van der Waals surface area (Å²) < 4.78 is 33.6. The molecule has 1 aliphatic rings. The summed E-state index contributed by atoms with van der Waals surface area (Å²) in [5, 5.41) is 1.96. The molecule has 2 unspecified atom stereocenters. The van der Waals surface area contributed by atoms with E-state index in [0.717, 1.165) is 11.3 Å². The molecule has 1 aromatic carbocycles. The van der Waals surface area contributed by atoms with Crippen molar-refractivity contribution in [2.45, 2.75) is 31.7 Å². The van der Waals surface area contributed by atoms with E-state index in [9.17, 15) is 13.2 Å². The minimum Gasteiger partial charge on any atom is -0.495 e. The van der Waals surface area contributed by atoms with Crippen LogP contribution in [0.3, 0.4) is 0 Å². The number of ether oxygens (including phenoxy) is 1. The van der Waals surface area contributed by atoms with E-state index in [1.54, 1.807) is 35.4 Å². The van der Waals surface area contributed by atoms with E-state index in [4.69, 9.17) is 4.74 Å². The first kappa shape index (κ1) is 21.8. The summed E-state index contributed by atoms with van der Waals surface area (Å²) in [7, 11) is -0.601. The van der Waals surface area contributed by atoms with Gasteiger partial charge in [0.15, 0.2) is 0 Å². The lowest BCUT2D eigenvalue weighted by Crippen LogP contribution is -2.42. The summed E-state index contributed by atoms with van der Waals surface area (Å²) in [4.78, 5) is 15.6. The summed E-state index contributed by atoms with van der Waals surface area (Å²) in [5.41, 5.74) is 0.335. The first-order valence-corrected chi connectivity index (χ1v) is 12.0. The topological polar surface area (TPSA) is 66.9 Å². The van der Waals surface area contributed by atoms with Crippen LogP contribution in [0.25, 0.3) is 0 Å². The average Bonchev–Trinajstić information content (AvgIpc) is 3.19. The molecule has 2 aromatic rings. The summed E-state index contributed by atoms with van der Waals surface area (Å²) in [6.07, 6.45) is 1.01. The van der Waals surface area contributed by atoms with Crippen LogP contribution in [0, 0.1) is 11.8 Å². The van der Waals surface area contributed by atoms with E-state index in [0.29, 0.717) is 37.0 Å². The highest BCUT2D eigenvalue weighted by Crippen LogP contribution is 2.32. The highest BCUT2D eigenvalue weighted by molar-refractivity contribution is 7.89. The fourth-order valence-corrected chi connectivity index (χ4v) is 6.50. The zero-order valence-electron chi connectivity index (χ0n) is 17.3. The zero-order valence-corrected chi connectivity index (χ0v) is 18.9. The van der Waals surface area contributed by atoms with Gasteiger partial charge in [0, 0.05) is 30.6 Å². The largest absolute Gasteiger partial charge is 0.495 e. The predicted octanol–water partition coefficient (Wildman–Crippen LogP) is 3.70. The van der Waals surface area contributed by atoms with Gasteiger partial charge in [-0.25, -0.2) is 8.42 Å². The molecular formula is C21H28N2O4S2. The molecule has 1 fully saturated rings. The monoisotopic (exact) mass is 436 g/mol. The van der Waals surface area contributed by atoms with Crippen molar-refractivity contribution in [2.24, 2.45) is 11.8 Å². The normalized spacial score (nSPS) is 20.4. The van der Waals surface area contributed by atoms with E-state index in [2.05, 4.69) is 13.8 Å². The first-order chi connectivity index (χ1) is 13.7. The Morgan fingerprint density at radius 2 is 1.93 bits per heavy atom. The van der Waals surface area contributed by atoms with Crippen molar-refractivity contribution in [1.82, 2.24) is 9.21 Å². The van der Waals surface area contributed by atoms with Gasteiger partial charge in [-0.15, -0.1) is 11.3 Å². The first-order valence-electron chi connectivity index (χ1n) is 9.68.